The molecule has 2 aromatic heterocycles. The fraction of sp³-hybridized carbons (Fsp3) is 0.375. The Kier molecular flexibility index (Phi) is 8.18. The second-order valence-corrected chi connectivity index (χ2v) is 9.53. The summed E-state index contributed by atoms with van der Waals surface area (Å²) in [7, 11) is 0. The normalized spacial score (nSPS) is 24.9. The summed E-state index contributed by atoms with van der Waals surface area (Å²) in [6.45, 7) is 3.60. The second-order valence-electron chi connectivity index (χ2n) is 8.00. The Morgan fingerprint density at radius 2 is 2.00 bits per heavy atom. The zero-order valence-corrected chi connectivity index (χ0v) is 19.8. The van der Waals surface area contributed by atoms with Crippen molar-refractivity contribution in [3.8, 4) is 10.4 Å². The number of halogens is 1. The van der Waals surface area contributed by atoms with Crippen LogP contribution < -0.4 is 0 Å². The molecule has 10 heteroatoms. The molecule has 1 aliphatic heterocycles. The number of nitrogens with zero attached hydrogens (tertiary/aromatic N) is 1. The van der Waals surface area contributed by atoms with E-state index in [9.17, 15) is 20.4 Å². The molecular weight excluding hydrogens is 482 g/mol. The van der Waals surface area contributed by atoms with Crippen molar-refractivity contribution in [1.29, 1.82) is 0 Å². The van der Waals surface area contributed by atoms with Gasteiger partial charge in [0.2, 0.25) is 0 Å². The SMILES string of the molecule is C=CCOCc1cc(Cl)c(Cc2ncc(-c3ccoc3)s2)cc1[C@@H]1O[C@H](CO)[C@@H](O)[C@H](O)[C@H]1O. The van der Waals surface area contributed by atoms with E-state index in [4.69, 9.17) is 25.5 Å². The van der Waals surface area contributed by atoms with E-state index < -0.39 is 37.1 Å². The highest BCUT2D eigenvalue weighted by atomic mass is 35.5. The van der Waals surface area contributed by atoms with Gasteiger partial charge in [0.25, 0.3) is 0 Å². The van der Waals surface area contributed by atoms with E-state index in [-0.39, 0.29) is 6.61 Å². The second kappa shape index (κ2) is 11.1. The quantitative estimate of drug-likeness (QED) is 0.257. The van der Waals surface area contributed by atoms with Crippen LogP contribution in [0.2, 0.25) is 5.02 Å². The third-order valence-electron chi connectivity index (χ3n) is 5.70. The number of hydrogen-bond acceptors (Lipinski definition) is 9. The average molecular weight is 508 g/mol. The number of thiazole rings is 1. The standard InChI is InChI=1S/C24H26ClNO7S/c1-2-4-31-12-15-7-17(25)14(8-20-26-9-19(34-20)13-3-5-32-11-13)6-16(15)24-23(30)22(29)21(28)18(10-27)33-24/h2-3,5-7,9,11,18,21-24,27-30H,1,4,8,10,12H2/t18-,21-,22+,23-,24+/m1/s1. The van der Waals surface area contributed by atoms with E-state index in [0.717, 1.165) is 21.0 Å². The minimum atomic E-state index is -1.49. The van der Waals surface area contributed by atoms with Crippen molar-refractivity contribution < 1.29 is 34.3 Å². The molecule has 8 nitrogen and oxygen atoms in total. The van der Waals surface area contributed by atoms with Crippen molar-refractivity contribution in [2.75, 3.05) is 13.2 Å². The number of hydrogen-bond donors (Lipinski definition) is 4. The summed E-state index contributed by atoms with van der Waals surface area (Å²) >= 11 is 8.12. The molecule has 0 radical (unpaired) electrons. The monoisotopic (exact) mass is 507 g/mol. The highest BCUT2D eigenvalue weighted by molar-refractivity contribution is 7.15. The van der Waals surface area contributed by atoms with E-state index in [1.54, 1.807) is 36.9 Å². The van der Waals surface area contributed by atoms with Crippen LogP contribution in [0.25, 0.3) is 10.4 Å². The number of aliphatic hydroxyl groups is 4. The largest absolute Gasteiger partial charge is 0.472 e. The van der Waals surface area contributed by atoms with Crippen molar-refractivity contribution in [3.05, 3.63) is 76.3 Å². The lowest BCUT2D eigenvalue weighted by Crippen LogP contribution is -2.55. The molecule has 1 aromatic carbocycles. The third kappa shape index (κ3) is 5.27. The third-order valence-corrected chi connectivity index (χ3v) is 7.10. The van der Waals surface area contributed by atoms with Gasteiger partial charge in [0.15, 0.2) is 0 Å². The van der Waals surface area contributed by atoms with Gasteiger partial charge in [-0.05, 0) is 28.8 Å². The first-order chi connectivity index (χ1) is 16.4. The van der Waals surface area contributed by atoms with Crippen molar-refractivity contribution in [3.63, 3.8) is 0 Å². The van der Waals surface area contributed by atoms with Gasteiger partial charge < -0.3 is 34.3 Å². The first-order valence-corrected chi connectivity index (χ1v) is 11.9. The van der Waals surface area contributed by atoms with Crippen LogP contribution >= 0.6 is 22.9 Å². The van der Waals surface area contributed by atoms with Gasteiger partial charge in [0.1, 0.15) is 30.5 Å². The molecule has 4 rings (SSSR count). The summed E-state index contributed by atoms with van der Waals surface area (Å²) in [6.07, 6.45) is 0.682. The minimum absolute atomic E-state index is 0.165. The zero-order valence-electron chi connectivity index (χ0n) is 18.2. The van der Waals surface area contributed by atoms with Gasteiger partial charge in [-0.2, -0.15) is 0 Å². The van der Waals surface area contributed by atoms with E-state index in [0.29, 0.717) is 29.2 Å². The van der Waals surface area contributed by atoms with Crippen molar-refractivity contribution in [2.45, 2.75) is 43.5 Å². The summed E-state index contributed by atoms with van der Waals surface area (Å²) in [4.78, 5) is 5.45. The van der Waals surface area contributed by atoms with Crippen LogP contribution in [0, 0.1) is 0 Å². The van der Waals surface area contributed by atoms with Crippen molar-refractivity contribution in [1.82, 2.24) is 4.98 Å². The van der Waals surface area contributed by atoms with Crippen LogP contribution in [0.5, 0.6) is 0 Å². The maximum Gasteiger partial charge on any atom is 0.113 e. The van der Waals surface area contributed by atoms with E-state index in [1.165, 1.54) is 11.3 Å². The molecule has 1 saturated heterocycles. The highest BCUT2D eigenvalue weighted by Gasteiger charge is 2.44. The number of rotatable bonds is 9. The first kappa shape index (κ1) is 25.0. The van der Waals surface area contributed by atoms with Crippen LogP contribution in [0.1, 0.15) is 27.8 Å². The van der Waals surface area contributed by atoms with Crippen LogP contribution in [0.15, 0.2) is 54.0 Å². The molecule has 3 heterocycles. The zero-order chi connectivity index (χ0) is 24.2. The fourth-order valence-corrected chi connectivity index (χ4v) is 5.09. The highest BCUT2D eigenvalue weighted by Crippen LogP contribution is 2.37. The summed E-state index contributed by atoms with van der Waals surface area (Å²) in [6, 6.07) is 5.39. The molecule has 0 aliphatic carbocycles. The predicted octanol–water partition coefficient (Wildman–Crippen LogP) is 2.86. The smallest absolute Gasteiger partial charge is 0.113 e. The Bertz CT molecular complexity index is 1100. The Morgan fingerprint density at radius 1 is 1.18 bits per heavy atom. The van der Waals surface area contributed by atoms with Crippen LogP contribution in [-0.4, -0.2) is 63.0 Å². The Balaban J connectivity index is 1.67. The molecule has 0 spiro atoms. The molecule has 5 atom stereocenters. The maximum absolute atomic E-state index is 10.7. The molecule has 34 heavy (non-hydrogen) atoms. The van der Waals surface area contributed by atoms with Gasteiger partial charge in [-0.15, -0.1) is 17.9 Å². The topological polar surface area (TPSA) is 125 Å². The molecular formula is C24H26ClNO7S. The van der Waals surface area contributed by atoms with Gasteiger partial charge >= 0.3 is 0 Å². The van der Waals surface area contributed by atoms with Crippen molar-refractivity contribution in [2.24, 2.45) is 0 Å². The number of benzene rings is 1. The lowest BCUT2D eigenvalue weighted by Gasteiger charge is -2.41. The number of ether oxygens (including phenoxy) is 2. The number of aromatic nitrogens is 1. The Hall–Kier alpha value is -2.08. The molecule has 182 valence electrons. The molecule has 1 fully saturated rings. The summed E-state index contributed by atoms with van der Waals surface area (Å²) in [5, 5.41) is 42.1. The number of furan rings is 1. The van der Waals surface area contributed by atoms with Crippen LogP contribution in [0.4, 0.5) is 0 Å². The average Bonchev–Trinajstić information content (AvgIpc) is 3.52. The fourth-order valence-electron chi connectivity index (χ4n) is 3.91. The maximum atomic E-state index is 10.7. The van der Waals surface area contributed by atoms with Gasteiger partial charge in [-0.1, -0.05) is 23.7 Å². The molecule has 0 saturated carbocycles. The Morgan fingerprint density at radius 3 is 2.71 bits per heavy atom. The van der Waals surface area contributed by atoms with Crippen LogP contribution in [0.3, 0.4) is 0 Å². The molecule has 1 aliphatic rings. The van der Waals surface area contributed by atoms with Gasteiger partial charge in [0.05, 0.1) is 42.2 Å². The van der Waals surface area contributed by atoms with Crippen molar-refractivity contribution >= 4 is 22.9 Å². The molecule has 3 aromatic rings. The lowest BCUT2D eigenvalue weighted by molar-refractivity contribution is -0.232. The van der Waals surface area contributed by atoms with Gasteiger partial charge in [-0.3, -0.25) is 0 Å². The summed E-state index contributed by atoms with van der Waals surface area (Å²) in [5.74, 6) is 0. The Labute approximate surface area is 205 Å². The van der Waals surface area contributed by atoms with E-state index >= 15 is 0 Å². The number of aliphatic hydroxyl groups excluding tert-OH is 4. The van der Waals surface area contributed by atoms with Gasteiger partial charge in [-0.25, -0.2) is 4.98 Å². The lowest BCUT2D eigenvalue weighted by atomic mass is 9.88. The molecule has 0 amide bonds. The molecule has 4 N–H and O–H groups in total. The summed E-state index contributed by atoms with van der Waals surface area (Å²) < 4.78 is 16.6. The predicted molar refractivity (Wildman–Crippen MR) is 127 cm³/mol. The van der Waals surface area contributed by atoms with E-state index in [2.05, 4.69) is 11.6 Å². The van der Waals surface area contributed by atoms with Crippen LogP contribution in [-0.2, 0) is 22.5 Å². The van der Waals surface area contributed by atoms with Gasteiger partial charge in [0, 0.05) is 23.2 Å². The minimum Gasteiger partial charge on any atom is -0.472 e. The molecule has 0 bridgehead atoms. The molecule has 0 unspecified atom stereocenters. The van der Waals surface area contributed by atoms with E-state index in [1.807, 2.05) is 6.07 Å². The first-order valence-electron chi connectivity index (χ1n) is 10.7. The summed E-state index contributed by atoms with van der Waals surface area (Å²) in [5.41, 5.74) is 2.88.